The van der Waals surface area contributed by atoms with Crippen molar-refractivity contribution in [3.8, 4) is 0 Å². The number of aromatic nitrogens is 3. The predicted molar refractivity (Wildman–Crippen MR) is 57.7 cm³/mol. The summed E-state index contributed by atoms with van der Waals surface area (Å²) in [5, 5.41) is 16.8. The van der Waals surface area contributed by atoms with E-state index in [2.05, 4.69) is 15.2 Å². The second kappa shape index (κ2) is 4.18. The van der Waals surface area contributed by atoms with Crippen LogP contribution in [0.25, 0.3) is 11.0 Å². The topological polar surface area (TPSA) is 62.1 Å². The Balaban J connectivity index is 2.38. The van der Waals surface area contributed by atoms with Gasteiger partial charge in [-0.15, -0.1) is 10.2 Å². The van der Waals surface area contributed by atoms with Crippen LogP contribution in [0.5, 0.6) is 0 Å². The fraction of sp³-hybridized carbons (Fsp3) is 0.300. The fourth-order valence-corrected chi connectivity index (χ4v) is 1.28. The number of benzene rings is 1. The molecule has 1 aromatic carbocycles. The monoisotopic (exact) mass is 204 g/mol. The summed E-state index contributed by atoms with van der Waals surface area (Å²) >= 11 is 0. The molecule has 5 nitrogen and oxygen atoms in total. The summed E-state index contributed by atoms with van der Waals surface area (Å²) in [4.78, 5) is 6.10. The number of likely N-dealkylation sites (N-methyl/N-ethyl adjacent to an activating group) is 1. The lowest BCUT2D eigenvalue weighted by molar-refractivity contribution is 0.303. The van der Waals surface area contributed by atoms with Gasteiger partial charge in [0.1, 0.15) is 5.52 Å². The van der Waals surface area contributed by atoms with Gasteiger partial charge in [-0.1, -0.05) is 12.1 Å². The van der Waals surface area contributed by atoms with Crippen molar-refractivity contribution in [2.24, 2.45) is 0 Å². The van der Waals surface area contributed by atoms with Crippen molar-refractivity contribution < 1.29 is 5.11 Å². The van der Waals surface area contributed by atoms with Gasteiger partial charge < -0.3 is 10.0 Å². The fourth-order valence-electron chi connectivity index (χ4n) is 1.28. The Labute approximate surface area is 87.4 Å². The summed E-state index contributed by atoms with van der Waals surface area (Å²) in [7, 11) is 1.82. The molecule has 0 bridgehead atoms. The van der Waals surface area contributed by atoms with Gasteiger partial charge in [0.2, 0.25) is 5.95 Å². The maximum absolute atomic E-state index is 8.79. The van der Waals surface area contributed by atoms with Crippen molar-refractivity contribution in [1.82, 2.24) is 15.2 Å². The van der Waals surface area contributed by atoms with Crippen molar-refractivity contribution in [2.45, 2.75) is 0 Å². The SMILES string of the molecule is CN(CCO)c1nnc2ccccc2n1. The van der Waals surface area contributed by atoms with Crippen molar-refractivity contribution in [1.29, 1.82) is 0 Å². The zero-order valence-electron chi connectivity index (χ0n) is 8.46. The van der Waals surface area contributed by atoms with Gasteiger partial charge in [0.15, 0.2) is 0 Å². The number of hydrogen-bond acceptors (Lipinski definition) is 5. The average molecular weight is 204 g/mol. The Morgan fingerprint density at radius 3 is 2.67 bits per heavy atom. The Bertz CT molecular complexity index is 460. The van der Waals surface area contributed by atoms with Gasteiger partial charge in [0, 0.05) is 13.6 Å². The molecule has 78 valence electrons. The first-order valence-electron chi connectivity index (χ1n) is 4.73. The summed E-state index contributed by atoms with van der Waals surface area (Å²) in [6.45, 7) is 0.576. The average Bonchev–Trinajstić information content (AvgIpc) is 2.29. The third-order valence-corrected chi connectivity index (χ3v) is 2.13. The van der Waals surface area contributed by atoms with Gasteiger partial charge in [-0.3, -0.25) is 0 Å². The summed E-state index contributed by atoms with van der Waals surface area (Å²) in [5.74, 6) is 0.530. The number of rotatable bonds is 3. The van der Waals surface area contributed by atoms with Crippen LogP contribution in [0, 0.1) is 0 Å². The number of nitrogens with zero attached hydrogens (tertiary/aromatic N) is 4. The van der Waals surface area contributed by atoms with Crippen LogP contribution in [0.3, 0.4) is 0 Å². The van der Waals surface area contributed by atoms with E-state index < -0.39 is 0 Å². The highest BCUT2D eigenvalue weighted by Gasteiger charge is 2.05. The zero-order chi connectivity index (χ0) is 10.7. The normalized spacial score (nSPS) is 10.5. The standard InChI is InChI=1S/C10H12N4O/c1-14(6-7-15)10-11-8-4-2-3-5-9(8)12-13-10/h2-5,15H,6-7H2,1H3. The Morgan fingerprint density at radius 1 is 1.20 bits per heavy atom. The van der Waals surface area contributed by atoms with E-state index in [0.29, 0.717) is 12.5 Å². The number of aliphatic hydroxyl groups excluding tert-OH is 1. The van der Waals surface area contributed by atoms with Crippen LogP contribution in [-0.4, -0.2) is 40.5 Å². The molecule has 2 aromatic rings. The molecule has 2 rings (SSSR count). The van der Waals surface area contributed by atoms with E-state index in [9.17, 15) is 0 Å². The molecule has 0 aliphatic rings. The summed E-state index contributed by atoms with van der Waals surface area (Å²) in [6.07, 6.45) is 0. The molecule has 1 aromatic heterocycles. The molecule has 5 heteroatoms. The molecule has 15 heavy (non-hydrogen) atoms. The Hall–Kier alpha value is -1.75. The number of para-hydroxylation sites is 1. The maximum atomic E-state index is 8.79. The second-order valence-corrected chi connectivity index (χ2v) is 3.25. The van der Waals surface area contributed by atoms with E-state index >= 15 is 0 Å². The van der Waals surface area contributed by atoms with E-state index in [0.717, 1.165) is 11.0 Å². The molecule has 0 amide bonds. The summed E-state index contributed by atoms with van der Waals surface area (Å²) < 4.78 is 0. The molecule has 0 saturated carbocycles. The number of aliphatic hydroxyl groups is 1. The summed E-state index contributed by atoms with van der Waals surface area (Å²) in [5.41, 5.74) is 1.59. The quantitative estimate of drug-likeness (QED) is 0.786. The Morgan fingerprint density at radius 2 is 1.93 bits per heavy atom. The first kappa shape index (κ1) is 9.79. The van der Waals surface area contributed by atoms with E-state index in [-0.39, 0.29) is 6.61 Å². The van der Waals surface area contributed by atoms with Gasteiger partial charge in [0.25, 0.3) is 0 Å². The van der Waals surface area contributed by atoms with Gasteiger partial charge in [-0.2, -0.15) is 0 Å². The zero-order valence-corrected chi connectivity index (χ0v) is 8.46. The smallest absolute Gasteiger partial charge is 0.245 e. The maximum Gasteiger partial charge on any atom is 0.245 e. The third-order valence-electron chi connectivity index (χ3n) is 2.13. The molecule has 0 aliphatic heterocycles. The van der Waals surface area contributed by atoms with E-state index in [1.807, 2.05) is 31.3 Å². The van der Waals surface area contributed by atoms with Crippen LogP contribution in [0.15, 0.2) is 24.3 Å². The Kier molecular flexibility index (Phi) is 2.73. The lowest BCUT2D eigenvalue weighted by Crippen LogP contribution is -2.23. The van der Waals surface area contributed by atoms with Gasteiger partial charge >= 0.3 is 0 Å². The number of hydrogen-bond donors (Lipinski definition) is 1. The van der Waals surface area contributed by atoms with Crippen molar-refractivity contribution in [2.75, 3.05) is 25.1 Å². The predicted octanol–water partition coefficient (Wildman–Crippen LogP) is 0.453. The molecule has 1 N–H and O–H groups in total. The van der Waals surface area contributed by atoms with Crippen LogP contribution in [0.4, 0.5) is 5.95 Å². The van der Waals surface area contributed by atoms with Crippen LogP contribution < -0.4 is 4.90 Å². The van der Waals surface area contributed by atoms with Crippen LogP contribution in [0.1, 0.15) is 0 Å². The molecular weight excluding hydrogens is 192 g/mol. The molecule has 0 radical (unpaired) electrons. The highest BCUT2D eigenvalue weighted by Crippen LogP contribution is 2.10. The summed E-state index contributed by atoms with van der Waals surface area (Å²) in [6, 6.07) is 7.56. The van der Waals surface area contributed by atoms with E-state index in [4.69, 9.17) is 5.11 Å². The molecular formula is C10H12N4O. The highest BCUT2D eigenvalue weighted by atomic mass is 16.3. The van der Waals surface area contributed by atoms with Gasteiger partial charge in [0.05, 0.1) is 12.1 Å². The first-order chi connectivity index (χ1) is 7.31. The molecule has 1 heterocycles. The van der Waals surface area contributed by atoms with E-state index in [1.54, 1.807) is 4.90 Å². The number of anilines is 1. The second-order valence-electron chi connectivity index (χ2n) is 3.25. The first-order valence-corrected chi connectivity index (χ1v) is 4.73. The largest absolute Gasteiger partial charge is 0.395 e. The van der Waals surface area contributed by atoms with Gasteiger partial charge in [-0.25, -0.2) is 4.98 Å². The highest BCUT2D eigenvalue weighted by molar-refractivity contribution is 5.74. The van der Waals surface area contributed by atoms with Crippen molar-refractivity contribution in [3.63, 3.8) is 0 Å². The molecule has 0 aliphatic carbocycles. The van der Waals surface area contributed by atoms with Gasteiger partial charge in [-0.05, 0) is 12.1 Å². The third kappa shape index (κ3) is 2.02. The number of fused-ring (bicyclic) bond motifs is 1. The molecule has 0 saturated heterocycles. The van der Waals surface area contributed by atoms with Crippen molar-refractivity contribution in [3.05, 3.63) is 24.3 Å². The van der Waals surface area contributed by atoms with Crippen molar-refractivity contribution >= 4 is 17.0 Å². The molecule has 0 fully saturated rings. The minimum absolute atomic E-state index is 0.0761. The van der Waals surface area contributed by atoms with Crippen LogP contribution in [-0.2, 0) is 0 Å². The van der Waals surface area contributed by atoms with Crippen LogP contribution >= 0.6 is 0 Å². The van der Waals surface area contributed by atoms with E-state index in [1.165, 1.54) is 0 Å². The molecule has 0 spiro atoms. The molecule has 0 atom stereocenters. The lowest BCUT2D eigenvalue weighted by Gasteiger charge is -2.14. The lowest BCUT2D eigenvalue weighted by atomic mass is 10.3. The minimum Gasteiger partial charge on any atom is -0.395 e. The molecule has 0 unspecified atom stereocenters. The minimum atomic E-state index is 0.0761. The van der Waals surface area contributed by atoms with Crippen LogP contribution in [0.2, 0.25) is 0 Å².